The van der Waals surface area contributed by atoms with Crippen LogP contribution < -0.4 is 5.73 Å². The first-order chi connectivity index (χ1) is 15.4. The van der Waals surface area contributed by atoms with E-state index in [9.17, 15) is 0 Å². The summed E-state index contributed by atoms with van der Waals surface area (Å²) in [5.41, 5.74) is 10.6. The van der Waals surface area contributed by atoms with E-state index in [0.29, 0.717) is 6.54 Å². The van der Waals surface area contributed by atoms with Crippen LogP contribution in [0.25, 0.3) is 10.8 Å². The molecule has 0 aliphatic heterocycles. The lowest BCUT2D eigenvalue weighted by atomic mass is 9.83. The van der Waals surface area contributed by atoms with Gasteiger partial charge in [0.1, 0.15) is 0 Å². The molecule has 0 atom stereocenters. The fourth-order valence-corrected chi connectivity index (χ4v) is 3.96. The van der Waals surface area contributed by atoms with Gasteiger partial charge in [-0.05, 0) is 33.0 Å². The number of fused-ring (bicyclic) bond motifs is 1. The molecule has 2 N–H and O–H groups in total. The Morgan fingerprint density at radius 1 is 0.484 bits per heavy atom. The lowest BCUT2D eigenvalue weighted by Gasteiger charge is -2.20. The highest BCUT2D eigenvalue weighted by Gasteiger charge is 2.18. The highest BCUT2D eigenvalue weighted by atomic mass is 14.5. The van der Waals surface area contributed by atoms with Crippen molar-refractivity contribution in [2.24, 2.45) is 5.73 Å². The van der Waals surface area contributed by atoms with Gasteiger partial charge < -0.3 is 5.73 Å². The fourth-order valence-electron chi connectivity index (χ4n) is 3.96. The van der Waals surface area contributed by atoms with Gasteiger partial charge in [0.15, 0.2) is 0 Å². The summed E-state index contributed by atoms with van der Waals surface area (Å²) in [6, 6.07) is 46.8. The van der Waals surface area contributed by atoms with Gasteiger partial charge in [0, 0.05) is 12.5 Å². The Balaban J connectivity index is 0.000000245. The number of hydrogen-bond donors (Lipinski definition) is 1. The van der Waals surface area contributed by atoms with Gasteiger partial charge in [0.2, 0.25) is 0 Å². The quantitative estimate of drug-likeness (QED) is 0.318. The van der Waals surface area contributed by atoms with Crippen LogP contribution >= 0.6 is 0 Å². The van der Waals surface area contributed by atoms with Crippen molar-refractivity contribution in [2.45, 2.75) is 12.5 Å². The third kappa shape index (κ3) is 5.09. The molecular formula is C30H27N. The zero-order valence-corrected chi connectivity index (χ0v) is 17.6. The van der Waals surface area contributed by atoms with Crippen LogP contribution in [0, 0.1) is 0 Å². The summed E-state index contributed by atoms with van der Waals surface area (Å²) in [7, 11) is 0. The molecule has 0 heterocycles. The van der Waals surface area contributed by atoms with Crippen LogP contribution in [0.5, 0.6) is 0 Å². The highest BCUT2D eigenvalue weighted by Crippen LogP contribution is 2.35. The molecule has 0 saturated heterocycles. The van der Waals surface area contributed by atoms with Gasteiger partial charge in [-0.2, -0.15) is 0 Å². The van der Waals surface area contributed by atoms with Crippen molar-refractivity contribution in [3.63, 3.8) is 0 Å². The molecule has 5 rings (SSSR count). The van der Waals surface area contributed by atoms with E-state index >= 15 is 0 Å². The summed E-state index contributed by atoms with van der Waals surface area (Å²) in [5.74, 6) is 0.253. The number of rotatable bonds is 4. The third-order valence-electron chi connectivity index (χ3n) is 5.48. The van der Waals surface area contributed by atoms with Crippen molar-refractivity contribution in [3.8, 4) is 0 Å². The van der Waals surface area contributed by atoms with Crippen LogP contribution in [0.15, 0.2) is 133 Å². The Labute approximate surface area is 184 Å². The SMILES string of the molecule is NCc1ccccc1.c1ccc(C(c2ccccc2)c2cccc3ccccc23)cc1. The van der Waals surface area contributed by atoms with E-state index in [1.165, 1.54) is 33.0 Å². The van der Waals surface area contributed by atoms with Gasteiger partial charge in [-0.1, -0.05) is 133 Å². The molecule has 0 saturated carbocycles. The first-order valence-electron chi connectivity index (χ1n) is 10.7. The minimum atomic E-state index is 0.253. The maximum Gasteiger partial charge on any atom is 0.0346 e. The van der Waals surface area contributed by atoms with Crippen LogP contribution in [0.2, 0.25) is 0 Å². The molecule has 0 bridgehead atoms. The molecule has 31 heavy (non-hydrogen) atoms. The first kappa shape index (κ1) is 20.6. The van der Waals surface area contributed by atoms with Crippen molar-refractivity contribution in [3.05, 3.63) is 156 Å². The lowest BCUT2D eigenvalue weighted by Crippen LogP contribution is -2.03. The van der Waals surface area contributed by atoms with Gasteiger partial charge in [-0.25, -0.2) is 0 Å². The largest absolute Gasteiger partial charge is 0.326 e. The molecule has 0 radical (unpaired) electrons. The van der Waals surface area contributed by atoms with Crippen molar-refractivity contribution in [1.29, 1.82) is 0 Å². The van der Waals surface area contributed by atoms with E-state index in [0.717, 1.165) is 0 Å². The fraction of sp³-hybridized carbons (Fsp3) is 0.0667. The third-order valence-corrected chi connectivity index (χ3v) is 5.48. The standard InChI is InChI=1S/C23H18.C7H9N/c1-3-11-19(12-4-1)23(20-13-5-2-6-14-20)22-17-9-15-18-10-7-8-16-21(18)22;8-6-7-4-2-1-3-5-7/h1-17,23H;1-5H,6,8H2. The number of hydrogen-bond acceptors (Lipinski definition) is 1. The molecule has 0 aromatic heterocycles. The van der Waals surface area contributed by atoms with Crippen molar-refractivity contribution in [2.75, 3.05) is 0 Å². The predicted molar refractivity (Wildman–Crippen MR) is 132 cm³/mol. The number of benzene rings is 5. The van der Waals surface area contributed by atoms with E-state index in [1.54, 1.807) is 0 Å². The van der Waals surface area contributed by atoms with E-state index in [4.69, 9.17) is 5.73 Å². The molecule has 152 valence electrons. The van der Waals surface area contributed by atoms with Crippen LogP contribution in [-0.2, 0) is 6.54 Å². The van der Waals surface area contributed by atoms with Gasteiger partial charge in [-0.3, -0.25) is 0 Å². The first-order valence-corrected chi connectivity index (χ1v) is 10.7. The topological polar surface area (TPSA) is 26.0 Å². The summed E-state index contributed by atoms with van der Waals surface area (Å²) >= 11 is 0. The van der Waals surface area contributed by atoms with Gasteiger partial charge in [-0.15, -0.1) is 0 Å². The Kier molecular flexibility index (Phi) is 6.89. The Hall–Kier alpha value is -3.68. The molecule has 0 unspecified atom stereocenters. The maximum atomic E-state index is 5.35. The second-order valence-corrected chi connectivity index (χ2v) is 7.51. The molecule has 0 amide bonds. The monoisotopic (exact) mass is 401 g/mol. The summed E-state index contributed by atoms with van der Waals surface area (Å²) < 4.78 is 0. The van der Waals surface area contributed by atoms with E-state index in [-0.39, 0.29) is 5.92 Å². The van der Waals surface area contributed by atoms with Crippen molar-refractivity contribution < 1.29 is 0 Å². The molecule has 0 aliphatic rings. The van der Waals surface area contributed by atoms with Gasteiger partial charge in [0.05, 0.1) is 0 Å². The Morgan fingerprint density at radius 3 is 1.52 bits per heavy atom. The smallest absolute Gasteiger partial charge is 0.0346 e. The zero-order valence-electron chi connectivity index (χ0n) is 17.6. The van der Waals surface area contributed by atoms with Crippen molar-refractivity contribution in [1.82, 2.24) is 0 Å². The van der Waals surface area contributed by atoms with Crippen LogP contribution in [0.4, 0.5) is 0 Å². The average molecular weight is 402 g/mol. The average Bonchev–Trinajstić information content (AvgIpc) is 2.87. The summed E-state index contributed by atoms with van der Waals surface area (Å²) in [5, 5.41) is 2.62. The Morgan fingerprint density at radius 2 is 0.968 bits per heavy atom. The lowest BCUT2D eigenvalue weighted by molar-refractivity contribution is 0.989. The van der Waals surface area contributed by atoms with Gasteiger partial charge in [0.25, 0.3) is 0 Å². The predicted octanol–water partition coefficient (Wildman–Crippen LogP) is 7.17. The maximum absolute atomic E-state index is 5.35. The van der Waals surface area contributed by atoms with E-state index in [2.05, 4.69) is 103 Å². The normalized spacial score (nSPS) is 10.5. The van der Waals surface area contributed by atoms with E-state index in [1.807, 2.05) is 30.3 Å². The summed E-state index contributed by atoms with van der Waals surface area (Å²) in [6.07, 6.45) is 0. The van der Waals surface area contributed by atoms with Crippen LogP contribution in [-0.4, -0.2) is 0 Å². The minimum absolute atomic E-state index is 0.253. The second-order valence-electron chi connectivity index (χ2n) is 7.51. The Bertz CT molecular complexity index is 1150. The van der Waals surface area contributed by atoms with Gasteiger partial charge >= 0.3 is 0 Å². The molecule has 5 aromatic rings. The highest BCUT2D eigenvalue weighted by molar-refractivity contribution is 5.87. The van der Waals surface area contributed by atoms with E-state index < -0.39 is 0 Å². The summed E-state index contributed by atoms with van der Waals surface area (Å²) in [6.45, 7) is 0.640. The van der Waals surface area contributed by atoms with Crippen LogP contribution in [0.3, 0.4) is 0 Å². The molecule has 0 fully saturated rings. The molecular weight excluding hydrogens is 374 g/mol. The number of nitrogens with two attached hydrogens (primary N) is 1. The molecule has 0 aliphatic carbocycles. The molecule has 5 aromatic carbocycles. The molecule has 1 heteroatoms. The minimum Gasteiger partial charge on any atom is -0.326 e. The molecule has 1 nitrogen and oxygen atoms in total. The summed E-state index contributed by atoms with van der Waals surface area (Å²) in [4.78, 5) is 0. The second kappa shape index (κ2) is 10.4. The molecule has 0 spiro atoms. The van der Waals surface area contributed by atoms with Crippen molar-refractivity contribution >= 4 is 10.8 Å². The van der Waals surface area contributed by atoms with Crippen LogP contribution in [0.1, 0.15) is 28.2 Å². The zero-order chi connectivity index (χ0) is 21.3.